The van der Waals surface area contributed by atoms with Crippen LogP contribution in [0.2, 0.25) is 0 Å². The molecule has 1 aliphatic heterocycles. The van der Waals surface area contributed by atoms with Crippen molar-refractivity contribution in [1.82, 2.24) is 4.90 Å². The molecule has 1 aliphatic carbocycles. The van der Waals surface area contributed by atoms with E-state index in [4.69, 9.17) is 10.5 Å². The first-order chi connectivity index (χ1) is 11.8. The minimum absolute atomic E-state index is 0. The summed E-state index contributed by atoms with van der Waals surface area (Å²) in [6.45, 7) is 3.67. The van der Waals surface area contributed by atoms with Crippen LogP contribution in [0, 0.1) is 0 Å². The van der Waals surface area contributed by atoms with Gasteiger partial charge in [-0.15, -0.1) is 24.0 Å². The monoisotopic (exact) mass is 458 g/mol. The number of nitrogens with zero attached hydrogens (tertiary/aromatic N) is 2. The number of aryl methyl sites for hydroxylation is 1. The Bertz CT molecular complexity index is 579. The molecule has 1 heterocycles. The van der Waals surface area contributed by atoms with Gasteiger partial charge in [0.2, 0.25) is 0 Å². The SMILES string of the molecule is COCCN1CCCC1CN=C(N)Nc1cccc2c1CCCC2.I. The van der Waals surface area contributed by atoms with Gasteiger partial charge in [0.05, 0.1) is 13.2 Å². The summed E-state index contributed by atoms with van der Waals surface area (Å²) in [5.74, 6) is 0.535. The van der Waals surface area contributed by atoms with Crippen LogP contribution in [0.4, 0.5) is 5.69 Å². The standard InChI is InChI=1S/C19H30N4O.HI/c1-24-13-12-23-11-5-8-16(23)14-21-19(20)22-18-10-4-7-15-6-2-3-9-17(15)18;/h4,7,10,16H,2-3,5-6,8-9,11-14H2,1H3,(H3,20,21,22);1H. The number of fused-ring (bicyclic) bond motifs is 1. The predicted molar refractivity (Wildman–Crippen MR) is 115 cm³/mol. The number of benzene rings is 1. The fraction of sp³-hybridized carbons (Fsp3) is 0.632. The third-order valence-electron chi connectivity index (χ3n) is 5.21. The van der Waals surface area contributed by atoms with E-state index in [0.717, 1.165) is 38.3 Å². The summed E-state index contributed by atoms with van der Waals surface area (Å²) in [5, 5.41) is 3.34. The van der Waals surface area contributed by atoms with E-state index in [-0.39, 0.29) is 24.0 Å². The summed E-state index contributed by atoms with van der Waals surface area (Å²) in [5.41, 5.74) is 10.2. The number of guanidine groups is 1. The lowest BCUT2D eigenvalue weighted by atomic mass is 9.90. The number of hydrogen-bond acceptors (Lipinski definition) is 3. The Hall–Kier alpha value is -0.860. The van der Waals surface area contributed by atoms with Crippen LogP contribution >= 0.6 is 24.0 Å². The zero-order chi connectivity index (χ0) is 16.8. The molecule has 1 unspecified atom stereocenters. The van der Waals surface area contributed by atoms with Gasteiger partial charge in [-0.2, -0.15) is 0 Å². The van der Waals surface area contributed by atoms with Crippen LogP contribution in [-0.2, 0) is 17.6 Å². The minimum Gasteiger partial charge on any atom is -0.383 e. The van der Waals surface area contributed by atoms with Gasteiger partial charge >= 0.3 is 0 Å². The van der Waals surface area contributed by atoms with Crippen molar-refractivity contribution in [2.24, 2.45) is 10.7 Å². The molecule has 25 heavy (non-hydrogen) atoms. The largest absolute Gasteiger partial charge is 0.383 e. The van der Waals surface area contributed by atoms with Gasteiger partial charge in [0.15, 0.2) is 5.96 Å². The van der Waals surface area contributed by atoms with Gasteiger partial charge in [0.1, 0.15) is 0 Å². The van der Waals surface area contributed by atoms with E-state index in [1.807, 2.05) is 0 Å². The number of halogens is 1. The molecule has 1 aromatic rings. The topological polar surface area (TPSA) is 62.9 Å². The first kappa shape index (κ1) is 20.5. The van der Waals surface area contributed by atoms with Gasteiger partial charge in [-0.3, -0.25) is 9.89 Å². The maximum Gasteiger partial charge on any atom is 0.193 e. The molecule has 0 spiro atoms. The van der Waals surface area contributed by atoms with E-state index in [2.05, 4.69) is 33.4 Å². The van der Waals surface area contributed by atoms with Crippen LogP contribution in [0.5, 0.6) is 0 Å². The molecule has 2 aliphatic rings. The molecule has 0 bridgehead atoms. The molecule has 1 aromatic carbocycles. The molecule has 1 fully saturated rings. The quantitative estimate of drug-likeness (QED) is 0.391. The van der Waals surface area contributed by atoms with Gasteiger partial charge in [-0.25, -0.2) is 0 Å². The Kier molecular flexibility index (Phi) is 8.45. The molecule has 5 nitrogen and oxygen atoms in total. The van der Waals surface area contributed by atoms with Gasteiger partial charge in [0.25, 0.3) is 0 Å². The van der Waals surface area contributed by atoms with Gasteiger partial charge in [-0.1, -0.05) is 12.1 Å². The average molecular weight is 458 g/mol. The zero-order valence-corrected chi connectivity index (χ0v) is 17.5. The first-order valence-electron chi connectivity index (χ1n) is 9.18. The van der Waals surface area contributed by atoms with E-state index in [1.165, 1.54) is 43.2 Å². The van der Waals surface area contributed by atoms with Crippen molar-refractivity contribution >= 4 is 35.6 Å². The summed E-state index contributed by atoms with van der Waals surface area (Å²) in [6, 6.07) is 6.96. The lowest BCUT2D eigenvalue weighted by molar-refractivity contribution is 0.143. The van der Waals surface area contributed by atoms with Crippen molar-refractivity contribution in [2.45, 2.75) is 44.6 Å². The highest BCUT2D eigenvalue weighted by Crippen LogP contribution is 2.27. The molecule has 0 aromatic heterocycles. The number of anilines is 1. The molecular weight excluding hydrogens is 427 g/mol. The van der Waals surface area contributed by atoms with Gasteiger partial charge < -0.3 is 15.8 Å². The average Bonchev–Trinajstić information content (AvgIpc) is 3.06. The summed E-state index contributed by atoms with van der Waals surface area (Å²) >= 11 is 0. The number of ether oxygens (including phenoxy) is 1. The number of aliphatic imine (C=N–C) groups is 1. The van der Waals surface area contributed by atoms with Crippen LogP contribution in [0.3, 0.4) is 0 Å². The molecule has 3 N–H and O–H groups in total. The molecule has 0 radical (unpaired) electrons. The van der Waals surface area contributed by atoms with Crippen molar-refractivity contribution in [3.8, 4) is 0 Å². The second-order valence-electron chi connectivity index (χ2n) is 6.83. The minimum atomic E-state index is 0. The summed E-state index contributed by atoms with van der Waals surface area (Å²) < 4.78 is 5.19. The highest BCUT2D eigenvalue weighted by Gasteiger charge is 2.23. The maximum absolute atomic E-state index is 6.16. The Morgan fingerprint density at radius 2 is 2.16 bits per heavy atom. The normalized spacial score (nSPS) is 20.8. The van der Waals surface area contributed by atoms with Crippen LogP contribution in [-0.4, -0.2) is 50.3 Å². The Balaban J connectivity index is 0.00000225. The van der Waals surface area contributed by atoms with E-state index in [9.17, 15) is 0 Å². The van der Waals surface area contributed by atoms with Crippen LogP contribution < -0.4 is 11.1 Å². The van der Waals surface area contributed by atoms with Crippen molar-refractivity contribution in [3.05, 3.63) is 29.3 Å². The second-order valence-corrected chi connectivity index (χ2v) is 6.83. The Morgan fingerprint density at radius 3 is 3.00 bits per heavy atom. The molecular formula is C19H31IN4O. The number of nitrogens with one attached hydrogen (secondary N) is 1. The molecule has 6 heteroatoms. The molecule has 3 rings (SSSR count). The molecule has 1 atom stereocenters. The Labute approximate surface area is 168 Å². The molecule has 0 amide bonds. The number of hydrogen-bond donors (Lipinski definition) is 2. The van der Waals surface area contributed by atoms with Crippen molar-refractivity contribution in [3.63, 3.8) is 0 Å². The molecule has 1 saturated heterocycles. The highest BCUT2D eigenvalue weighted by molar-refractivity contribution is 14.0. The first-order valence-corrected chi connectivity index (χ1v) is 9.18. The zero-order valence-electron chi connectivity index (χ0n) is 15.2. The van der Waals surface area contributed by atoms with E-state index < -0.39 is 0 Å². The van der Waals surface area contributed by atoms with Crippen molar-refractivity contribution in [1.29, 1.82) is 0 Å². The second kappa shape index (κ2) is 10.3. The third-order valence-corrected chi connectivity index (χ3v) is 5.21. The van der Waals surface area contributed by atoms with E-state index in [1.54, 1.807) is 7.11 Å². The lowest BCUT2D eigenvalue weighted by Gasteiger charge is -2.23. The predicted octanol–water partition coefficient (Wildman–Crippen LogP) is 3.02. The fourth-order valence-electron chi connectivity index (χ4n) is 3.88. The van der Waals surface area contributed by atoms with Crippen LogP contribution in [0.25, 0.3) is 0 Å². The van der Waals surface area contributed by atoms with Crippen LogP contribution in [0.15, 0.2) is 23.2 Å². The van der Waals surface area contributed by atoms with Gasteiger partial charge in [0, 0.05) is 25.4 Å². The van der Waals surface area contributed by atoms with E-state index >= 15 is 0 Å². The van der Waals surface area contributed by atoms with Crippen molar-refractivity contribution < 1.29 is 4.74 Å². The summed E-state index contributed by atoms with van der Waals surface area (Å²) in [4.78, 5) is 7.07. The highest BCUT2D eigenvalue weighted by atomic mass is 127. The number of methoxy groups -OCH3 is 1. The summed E-state index contributed by atoms with van der Waals surface area (Å²) in [7, 11) is 1.76. The number of likely N-dealkylation sites (tertiary alicyclic amines) is 1. The van der Waals surface area contributed by atoms with Gasteiger partial charge in [-0.05, 0) is 62.3 Å². The summed E-state index contributed by atoms with van der Waals surface area (Å²) in [6.07, 6.45) is 7.31. The van der Waals surface area contributed by atoms with Crippen molar-refractivity contribution in [2.75, 3.05) is 38.7 Å². The third kappa shape index (κ3) is 5.56. The fourth-order valence-corrected chi connectivity index (χ4v) is 3.88. The van der Waals surface area contributed by atoms with E-state index in [0.29, 0.717) is 12.0 Å². The Morgan fingerprint density at radius 1 is 1.32 bits per heavy atom. The van der Waals surface area contributed by atoms with Crippen LogP contribution in [0.1, 0.15) is 36.8 Å². The lowest BCUT2D eigenvalue weighted by Crippen LogP contribution is -2.35. The number of nitrogens with two attached hydrogens (primary N) is 1. The maximum atomic E-state index is 6.16. The number of rotatable bonds is 6. The molecule has 0 saturated carbocycles. The smallest absolute Gasteiger partial charge is 0.193 e. The molecule has 140 valence electrons.